The lowest BCUT2D eigenvalue weighted by Gasteiger charge is -2.15. The summed E-state index contributed by atoms with van der Waals surface area (Å²) in [6.45, 7) is 0. The number of hydrogen-bond donors (Lipinski definition) is 0. The topological polar surface area (TPSA) is 52.6 Å². The predicted molar refractivity (Wildman–Crippen MR) is 64.5 cm³/mol. The zero-order valence-electron chi connectivity index (χ0n) is 9.51. The smallest absolute Gasteiger partial charge is 0.311 e. The van der Waals surface area contributed by atoms with Crippen LogP contribution in [0.15, 0.2) is 36.4 Å². The third-order valence-corrected chi connectivity index (χ3v) is 2.82. The number of esters is 2. The quantitative estimate of drug-likeness (QED) is 0.526. The van der Waals surface area contributed by atoms with Crippen molar-refractivity contribution in [2.24, 2.45) is 0 Å². The summed E-state index contributed by atoms with van der Waals surface area (Å²) >= 11 is 0. The van der Waals surface area contributed by atoms with Crippen LogP contribution in [0.4, 0.5) is 0 Å². The Morgan fingerprint density at radius 1 is 0.833 bits per heavy atom. The summed E-state index contributed by atoms with van der Waals surface area (Å²) in [6.07, 6.45) is 0.0899. The van der Waals surface area contributed by atoms with Crippen LogP contribution in [0.3, 0.4) is 0 Å². The lowest BCUT2D eigenvalue weighted by Crippen LogP contribution is -2.18. The van der Waals surface area contributed by atoms with E-state index in [0.717, 1.165) is 10.8 Å². The Labute approximate surface area is 103 Å². The molecule has 0 unspecified atom stereocenters. The van der Waals surface area contributed by atoms with Crippen molar-refractivity contribution in [1.29, 1.82) is 0 Å². The number of ether oxygens (including phenoxy) is 2. The van der Waals surface area contributed by atoms with Crippen LogP contribution in [0.5, 0.6) is 11.5 Å². The van der Waals surface area contributed by atoms with Gasteiger partial charge in [0.1, 0.15) is 0 Å². The molecule has 1 aliphatic rings. The highest BCUT2D eigenvalue weighted by Gasteiger charge is 2.21. The van der Waals surface area contributed by atoms with Gasteiger partial charge in [0, 0.05) is 5.39 Å². The number of carbonyl (C=O) groups is 2. The molecule has 0 saturated heterocycles. The van der Waals surface area contributed by atoms with Gasteiger partial charge < -0.3 is 9.47 Å². The van der Waals surface area contributed by atoms with Crippen molar-refractivity contribution < 1.29 is 19.1 Å². The molecule has 4 heteroatoms. The first kappa shape index (κ1) is 10.8. The minimum atomic E-state index is -0.414. The minimum absolute atomic E-state index is 0.0431. The summed E-state index contributed by atoms with van der Waals surface area (Å²) in [5.74, 6) is -0.203. The number of fused-ring (bicyclic) bond motifs is 3. The SMILES string of the molecule is O=C1CCC(=O)Oc2c(ccc3ccccc23)O1. The van der Waals surface area contributed by atoms with Gasteiger partial charge in [-0.3, -0.25) is 9.59 Å². The molecule has 0 bridgehead atoms. The summed E-state index contributed by atoms with van der Waals surface area (Å²) in [5, 5.41) is 1.69. The third kappa shape index (κ3) is 1.82. The van der Waals surface area contributed by atoms with Crippen molar-refractivity contribution in [2.45, 2.75) is 12.8 Å². The second kappa shape index (κ2) is 4.14. The van der Waals surface area contributed by atoms with E-state index in [0.29, 0.717) is 11.5 Å². The van der Waals surface area contributed by atoms with E-state index in [4.69, 9.17) is 9.47 Å². The zero-order chi connectivity index (χ0) is 12.5. The van der Waals surface area contributed by atoms with Crippen LogP contribution in [0.2, 0.25) is 0 Å². The molecule has 2 aromatic rings. The number of rotatable bonds is 0. The lowest BCUT2D eigenvalue weighted by molar-refractivity contribution is -0.142. The summed E-state index contributed by atoms with van der Waals surface area (Å²) in [7, 11) is 0. The van der Waals surface area contributed by atoms with Gasteiger partial charge in [0.25, 0.3) is 0 Å². The molecule has 18 heavy (non-hydrogen) atoms. The van der Waals surface area contributed by atoms with E-state index in [1.54, 1.807) is 6.07 Å². The molecule has 0 spiro atoms. The van der Waals surface area contributed by atoms with Crippen LogP contribution in [-0.4, -0.2) is 11.9 Å². The van der Waals surface area contributed by atoms with Gasteiger partial charge in [-0.15, -0.1) is 0 Å². The molecule has 0 aromatic heterocycles. The van der Waals surface area contributed by atoms with Crippen molar-refractivity contribution in [2.75, 3.05) is 0 Å². The highest BCUT2D eigenvalue weighted by Crippen LogP contribution is 2.37. The van der Waals surface area contributed by atoms with Crippen molar-refractivity contribution in [3.05, 3.63) is 36.4 Å². The fourth-order valence-corrected chi connectivity index (χ4v) is 1.95. The highest BCUT2D eigenvalue weighted by molar-refractivity contribution is 5.95. The first-order valence-electron chi connectivity index (χ1n) is 5.67. The van der Waals surface area contributed by atoms with Gasteiger partial charge in [0.05, 0.1) is 12.8 Å². The molecule has 90 valence electrons. The second-order valence-corrected chi connectivity index (χ2v) is 4.06. The Kier molecular flexibility index (Phi) is 2.48. The van der Waals surface area contributed by atoms with E-state index >= 15 is 0 Å². The van der Waals surface area contributed by atoms with Gasteiger partial charge in [-0.2, -0.15) is 0 Å². The molecule has 4 nitrogen and oxygen atoms in total. The Bertz CT molecular complexity index is 645. The van der Waals surface area contributed by atoms with Crippen molar-refractivity contribution >= 4 is 22.7 Å². The standard InChI is InChI=1S/C14H10O4/c15-12-7-8-13(16)18-14-10-4-2-1-3-9(10)5-6-11(14)17-12/h1-6H,7-8H2. The average Bonchev–Trinajstić information content (AvgIpc) is 2.37. The van der Waals surface area contributed by atoms with E-state index in [9.17, 15) is 9.59 Å². The van der Waals surface area contributed by atoms with Gasteiger partial charge in [0.2, 0.25) is 0 Å². The Morgan fingerprint density at radius 3 is 2.39 bits per heavy atom. The molecule has 0 fully saturated rings. The maximum atomic E-state index is 11.6. The molecular formula is C14H10O4. The Hall–Kier alpha value is -2.36. The number of carbonyl (C=O) groups excluding carboxylic acids is 2. The largest absolute Gasteiger partial charge is 0.422 e. The number of hydrogen-bond acceptors (Lipinski definition) is 4. The lowest BCUT2D eigenvalue weighted by atomic mass is 10.1. The van der Waals surface area contributed by atoms with Gasteiger partial charge in [-0.1, -0.05) is 30.3 Å². The molecule has 0 N–H and O–H groups in total. The van der Waals surface area contributed by atoms with Crippen LogP contribution in [0.25, 0.3) is 10.8 Å². The monoisotopic (exact) mass is 242 g/mol. The van der Waals surface area contributed by atoms with Crippen LogP contribution >= 0.6 is 0 Å². The number of benzene rings is 2. The minimum Gasteiger partial charge on any atom is -0.422 e. The fourth-order valence-electron chi connectivity index (χ4n) is 1.95. The molecule has 0 aliphatic carbocycles. The molecule has 0 amide bonds. The van der Waals surface area contributed by atoms with Crippen molar-refractivity contribution in [3.8, 4) is 11.5 Å². The predicted octanol–water partition coefficient (Wildman–Crippen LogP) is 2.44. The van der Waals surface area contributed by atoms with Crippen LogP contribution in [-0.2, 0) is 9.59 Å². The normalized spacial score (nSPS) is 15.3. The van der Waals surface area contributed by atoms with E-state index in [1.807, 2.05) is 30.3 Å². The molecular weight excluding hydrogens is 232 g/mol. The van der Waals surface area contributed by atoms with Crippen LogP contribution in [0.1, 0.15) is 12.8 Å². The van der Waals surface area contributed by atoms with E-state index in [-0.39, 0.29) is 12.8 Å². The van der Waals surface area contributed by atoms with Crippen LogP contribution in [0, 0.1) is 0 Å². The fraction of sp³-hybridized carbons (Fsp3) is 0.143. The Morgan fingerprint density at radius 2 is 1.56 bits per heavy atom. The Balaban J connectivity index is 2.23. The van der Waals surface area contributed by atoms with Crippen LogP contribution < -0.4 is 9.47 Å². The summed E-state index contributed by atoms with van der Waals surface area (Å²) in [6, 6.07) is 11.0. The van der Waals surface area contributed by atoms with E-state index in [2.05, 4.69) is 0 Å². The second-order valence-electron chi connectivity index (χ2n) is 4.06. The molecule has 0 radical (unpaired) electrons. The summed E-state index contributed by atoms with van der Waals surface area (Å²) in [5.41, 5.74) is 0. The van der Waals surface area contributed by atoms with Gasteiger partial charge in [-0.05, 0) is 11.5 Å². The van der Waals surface area contributed by atoms with Gasteiger partial charge >= 0.3 is 11.9 Å². The van der Waals surface area contributed by atoms with Crippen molar-refractivity contribution in [3.63, 3.8) is 0 Å². The molecule has 0 saturated carbocycles. The van der Waals surface area contributed by atoms with E-state index in [1.165, 1.54) is 0 Å². The first-order chi connectivity index (χ1) is 8.74. The average molecular weight is 242 g/mol. The maximum Gasteiger partial charge on any atom is 0.311 e. The van der Waals surface area contributed by atoms with Gasteiger partial charge in [0.15, 0.2) is 11.5 Å². The maximum absolute atomic E-state index is 11.6. The summed E-state index contributed by atoms with van der Waals surface area (Å²) < 4.78 is 10.5. The third-order valence-electron chi connectivity index (χ3n) is 2.82. The zero-order valence-corrected chi connectivity index (χ0v) is 9.51. The molecule has 0 atom stereocenters. The van der Waals surface area contributed by atoms with Gasteiger partial charge in [-0.25, -0.2) is 0 Å². The molecule has 3 rings (SSSR count). The molecule has 2 aromatic carbocycles. The molecule has 1 heterocycles. The highest BCUT2D eigenvalue weighted by atomic mass is 16.6. The van der Waals surface area contributed by atoms with Crippen molar-refractivity contribution in [1.82, 2.24) is 0 Å². The first-order valence-corrected chi connectivity index (χ1v) is 5.67. The molecule has 1 aliphatic heterocycles. The summed E-state index contributed by atoms with van der Waals surface area (Å²) in [4.78, 5) is 23.0. The van der Waals surface area contributed by atoms with E-state index < -0.39 is 11.9 Å².